The number of carbonyl (C=O) groups excluding carboxylic acids is 1. The summed E-state index contributed by atoms with van der Waals surface area (Å²) in [5.41, 5.74) is 2.38. The van der Waals surface area contributed by atoms with Crippen molar-refractivity contribution >= 4 is 57.5 Å². The number of hydrogen-bond acceptors (Lipinski definition) is 5. The van der Waals surface area contributed by atoms with Crippen LogP contribution in [-0.2, 0) is 0 Å². The second-order valence-corrected chi connectivity index (χ2v) is 9.29. The molecule has 4 aromatic rings. The smallest absolute Gasteiger partial charge is 0.251 e. The van der Waals surface area contributed by atoms with Gasteiger partial charge in [-0.3, -0.25) is 4.79 Å². The molecule has 0 atom stereocenters. The lowest BCUT2D eigenvalue weighted by molar-refractivity contribution is 0.0953. The van der Waals surface area contributed by atoms with Gasteiger partial charge in [0.2, 0.25) is 0 Å². The summed E-state index contributed by atoms with van der Waals surface area (Å²) < 4.78 is 11.5. The van der Waals surface area contributed by atoms with Crippen molar-refractivity contribution in [1.29, 1.82) is 5.41 Å². The molecule has 0 spiro atoms. The van der Waals surface area contributed by atoms with Crippen molar-refractivity contribution in [2.24, 2.45) is 0 Å². The third kappa shape index (κ3) is 6.46. The van der Waals surface area contributed by atoms with Crippen molar-refractivity contribution in [2.75, 3.05) is 19.0 Å². The van der Waals surface area contributed by atoms with E-state index in [-0.39, 0.29) is 11.7 Å². The number of benzene rings is 4. The second-order valence-electron chi connectivity index (χ2n) is 8.44. The van der Waals surface area contributed by atoms with E-state index in [1.807, 2.05) is 43.3 Å². The molecule has 0 bridgehead atoms. The molecule has 0 saturated heterocycles. The molecular weight excluding hydrogens is 521 g/mol. The summed E-state index contributed by atoms with van der Waals surface area (Å²) in [5.74, 6) is 1.34. The summed E-state index contributed by atoms with van der Waals surface area (Å²) >= 11 is 12.7. The van der Waals surface area contributed by atoms with Crippen molar-refractivity contribution in [3.63, 3.8) is 0 Å². The number of amides is 1. The lowest BCUT2D eigenvalue weighted by atomic mass is 10.0. The number of nitrogens with one attached hydrogen (secondary N) is 3. The van der Waals surface area contributed by atoms with Gasteiger partial charge in [0.25, 0.3) is 5.91 Å². The lowest BCUT2D eigenvalue weighted by Gasteiger charge is -2.18. The summed E-state index contributed by atoms with van der Waals surface area (Å²) in [6.45, 7) is 2.61. The fraction of sp³-hybridized carbons (Fsp3) is 0.133. The van der Waals surface area contributed by atoms with Crippen LogP contribution >= 0.6 is 23.2 Å². The first-order valence-corrected chi connectivity index (χ1v) is 12.8. The molecule has 38 heavy (non-hydrogen) atoms. The lowest BCUT2D eigenvalue weighted by Crippen LogP contribution is -2.23. The first kappa shape index (κ1) is 27.0. The number of anilines is 1. The van der Waals surface area contributed by atoms with E-state index in [0.717, 1.165) is 34.7 Å². The van der Waals surface area contributed by atoms with Gasteiger partial charge in [0.05, 0.1) is 29.7 Å². The summed E-state index contributed by atoms with van der Waals surface area (Å²) in [4.78, 5) is 12.3. The zero-order chi connectivity index (χ0) is 27.1. The molecular formula is C30H27Cl2N3O3. The Morgan fingerprint density at radius 2 is 1.58 bits per heavy atom. The molecule has 4 rings (SSSR count). The van der Waals surface area contributed by atoms with E-state index in [1.165, 1.54) is 0 Å². The van der Waals surface area contributed by atoms with Crippen LogP contribution in [0.4, 0.5) is 5.69 Å². The zero-order valence-corrected chi connectivity index (χ0v) is 22.5. The van der Waals surface area contributed by atoms with Crippen molar-refractivity contribution in [2.45, 2.75) is 13.3 Å². The molecule has 1 amide bonds. The first-order chi connectivity index (χ1) is 18.4. The maximum atomic E-state index is 12.3. The van der Waals surface area contributed by atoms with Crippen LogP contribution in [0.3, 0.4) is 0 Å². The Morgan fingerprint density at radius 3 is 2.29 bits per heavy atom. The average molecular weight is 548 g/mol. The third-order valence-corrected chi connectivity index (χ3v) is 6.35. The number of rotatable bonds is 10. The minimum absolute atomic E-state index is 0.146. The summed E-state index contributed by atoms with van der Waals surface area (Å²) in [6, 6.07) is 23.6. The predicted molar refractivity (Wildman–Crippen MR) is 156 cm³/mol. The molecule has 194 valence electrons. The molecule has 0 aliphatic heterocycles. The number of fused-ring (bicyclic) bond motifs is 1. The molecule has 3 N–H and O–H groups in total. The fourth-order valence-corrected chi connectivity index (χ4v) is 4.14. The topological polar surface area (TPSA) is 83.4 Å². The highest BCUT2D eigenvalue weighted by Crippen LogP contribution is 2.32. The van der Waals surface area contributed by atoms with Gasteiger partial charge in [0, 0.05) is 22.7 Å². The Bertz CT molecular complexity index is 1500. The molecule has 0 aliphatic carbocycles. The molecule has 8 heteroatoms. The molecule has 0 radical (unpaired) electrons. The van der Waals surface area contributed by atoms with E-state index in [1.54, 1.807) is 49.6 Å². The zero-order valence-electron chi connectivity index (χ0n) is 21.0. The Hall–Kier alpha value is -4.00. The SMILES string of the molecule is CCCNC(=O)c1ccc(O/C(C=N)=C(/Nc2cc(Cl)ccc2Cl)c2ccc3cc(OC)ccc3c2)cc1. The number of methoxy groups -OCH3 is 1. The van der Waals surface area contributed by atoms with E-state index in [9.17, 15) is 4.79 Å². The largest absolute Gasteiger partial charge is 0.497 e. The van der Waals surface area contributed by atoms with Crippen LogP contribution < -0.4 is 20.1 Å². The standard InChI is InChI=1S/C30H27Cl2N3O3/c1-3-14-34-30(36)19-6-10-24(11-7-19)38-28(18-33)29(35-27-17-23(31)9-13-26(27)32)22-5-4-21-16-25(37-2)12-8-20(21)15-22/h4-13,15-18,33,35H,3,14H2,1-2H3,(H,34,36)/b29-28+,33-18?. The van der Waals surface area contributed by atoms with Gasteiger partial charge in [-0.05, 0) is 77.9 Å². The summed E-state index contributed by atoms with van der Waals surface area (Å²) in [7, 11) is 1.63. The number of halogens is 2. The highest BCUT2D eigenvalue weighted by molar-refractivity contribution is 6.35. The molecule has 0 saturated carbocycles. The minimum atomic E-state index is -0.146. The third-order valence-electron chi connectivity index (χ3n) is 5.78. The van der Waals surface area contributed by atoms with Gasteiger partial charge < -0.3 is 25.5 Å². The average Bonchev–Trinajstić information content (AvgIpc) is 2.95. The Labute approximate surface area is 231 Å². The predicted octanol–water partition coefficient (Wildman–Crippen LogP) is 7.80. The van der Waals surface area contributed by atoms with Crippen LogP contribution in [0, 0.1) is 5.41 Å². The van der Waals surface area contributed by atoms with Crippen molar-refractivity contribution in [3.05, 3.63) is 106 Å². The van der Waals surface area contributed by atoms with E-state index < -0.39 is 0 Å². The Morgan fingerprint density at radius 1 is 0.895 bits per heavy atom. The second kappa shape index (κ2) is 12.5. The maximum Gasteiger partial charge on any atom is 0.251 e. The van der Waals surface area contributed by atoms with Crippen molar-refractivity contribution in [3.8, 4) is 11.5 Å². The van der Waals surface area contributed by atoms with Crippen LogP contribution in [0.15, 0.2) is 84.6 Å². The van der Waals surface area contributed by atoms with Gasteiger partial charge in [-0.15, -0.1) is 0 Å². The van der Waals surface area contributed by atoms with E-state index in [2.05, 4.69) is 10.6 Å². The van der Waals surface area contributed by atoms with E-state index >= 15 is 0 Å². The van der Waals surface area contributed by atoms with Crippen LogP contribution in [-0.4, -0.2) is 25.8 Å². The van der Waals surface area contributed by atoms with Crippen LogP contribution in [0.25, 0.3) is 16.5 Å². The fourth-order valence-electron chi connectivity index (χ4n) is 3.80. The highest BCUT2D eigenvalue weighted by Gasteiger charge is 2.15. The van der Waals surface area contributed by atoms with Crippen molar-refractivity contribution < 1.29 is 14.3 Å². The first-order valence-electron chi connectivity index (χ1n) is 12.0. The van der Waals surface area contributed by atoms with Crippen LogP contribution in [0.5, 0.6) is 11.5 Å². The number of carbonyl (C=O) groups is 1. The summed E-state index contributed by atoms with van der Waals surface area (Å²) in [6.07, 6.45) is 1.98. The van der Waals surface area contributed by atoms with E-state index in [0.29, 0.717) is 39.3 Å². The van der Waals surface area contributed by atoms with E-state index in [4.69, 9.17) is 38.1 Å². The maximum absolute atomic E-state index is 12.3. The minimum Gasteiger partial charge on any atom is -0.497 e. The monoisotopic (exact) mass is 547 g/mol. The molecule has 0 heterocycles. The number of ether oxygens (including phenoxy) is 2. The number of allylic oxidation sites excluding steroid dienone is 1. The van der Waals surface area contributed by atoms with Crippen molar-refractivity contribution in [1.82, 2.24) is 5.32 Å². The Balaban J connectivity index is 1.75. The molecule has 0 aliphatic rings. The van der Waals surface area contributed by atoms with Gasteiger partial charge in [-0.25, -0.2) is 0 Å². The van der Waals surface area contributed by atoms with Gasteiger partial charge in [0.15, 0.2) is 5.76 Å². The highest BCUT2D eigenvalue weighted by atomic mass is 35.5. The number of hydrogen-bond donors (Lipinski definition) is 3. The Kier molecular flexibility index (Phi) is 8.89. The molecule has 4 aromatic carbocycles. The molecule has 6 nitrogen and oxygen atoms in total. The molecule has 0 aromatic heterocycles. The van der Waals surface area contributed by atoms with Gasteiger partial charge >= 0.3 is 0 Å². The molecule has 0 fully saturated rings. The van der Waals surface area contributed by atoms with Crippen LogP contribution in [0.1, 0.15) is 29.3 Å². The molecule has 0 unspecified atom stereocenters. The van der Waals surface area contributed by atoms with Crippen LogP contribution in [0.2, 0.25) is 10.0 Å². The normalized spacial score (nSPS) is 11.5. The quantitative estimate of drug-likeness (QED) is 0.139. The summed E-state index contributed by atoms with van der Waals surface area (Å²) in [5, 5.41) is 17.3. The van der Waals surface area contributed by atoms with Gasteiger partial charge in [-0.2, -0.15) is 0 Å². The van der Waals surface area contributed by atoms with Gasteiger partial charge in [-0.1, -0.05) is 48.3 Å². The van der Waals surface area contributed by atoms with Gasteiger partial charge in [0.1, 0.15) is 11.5 Å².